The number of hydrogen-bond acceptors (Lipinski definition) is 4. The van der Waals surface area contributed by atoms with E-state index >= 15 is 9.59 Å². The molecule has 0 aliphatic heterocycles. The quantitative estimate of drug-likeness (QED) is 0.105. The lowest BCUT2D eigenvalue weighted by atomic mass is 9.51. The standard InChI is InChI=1S/C41H62N2O2/c1-4-5-6-7-8-9-10-11-12-14-19-32-20-17-18-23-36(32)40(45)41(34-24-26-37(42)30(2)28-34,35-25-27-38(43)31(3)29-35)39(44)33-21-15-13-16-22-33/h13,15-18,20-23,30-31,34-35,37-38H,4-12,14,19,24-29,42-43H2,1-3H3. The third-order valence-corrected chi connectivity index (χ3v) is 11.6. The average molecular weight is 615 g/mol. The van der Waals surface area contributed by atoms with Gasteiger partial charge in [-0.1, -0.05) is 133 Å². The first-order valence-electron chi connectivity index (χ1n) is 18.5. The van der Waals surface area contributed by atoms with E-state index < -0.39 is 5.41 Å². The molecule has 2 fully saturated rings. The number of unbranched alkanes of at least 4 members (excludes halogenated alkanes) is 9. The van der Waals surface area contributed by atoms with E-state index in [4.69, 9.17) is 11.5 Å². The van der Waals surface area contributed by atoms with Crippen molar-refractivity contribution in [1.29, 1.82) is 0 Å². The zero-order valence-corrected chi connectivity index (χ0v) is 28.7. The van der Waals surface area contributed by atoms with Gasteiger partial charge in [0, 0.05) is 23.2 Å². The normalized spacial score (nSPS) is 26.7. The fourth-order valence-corrected chi connectivity index (χ4v) is 8.66. The maximum atomic E-state index is 15.5. The van der Waals surface area contributed by atoms with E-state index in [1.807, 2.05) is 42.5 Å². The molecule has 0 heterocycles. The SMILES string of the molecule is CCCCCCCCCCCCc1ccccc1C(=O)C(C(=O)c1ccccc1)(C1CCC(N)C(C)C1)C1CCC(N)C(C)C1. The monoisotopic (exact) mass is 614 g/mol. The first-order valence-corrected chi connectivity index (χ1v) is 18.5. The van der Waals surface area contributed by atoms with Crippen LogP contribution in [0.25, 0.3) is 0 Å². The third kappa shape index (κ3) is 8.74. The number of rotatable bonds is 17. The molecule has 0 aromatic heterocycles. The molecule has 6 unspecified atom stereocenters. The summed E-state index contributed by atoms with van der Waals surface area (Å²) >= 11 is 0. The van der Waals surface area contributed by atoms with Crippen LogP contribution in [0.15, 0.2) is 54.6 Å². The van der Waals surface area contributed by atoms with Gasteiger partial charge in [-0.3, -0.25) is 9.59 Å². The lowest BCUT2D eigenvalue weighted by Gasteiger charge is -2.50. The molecule has 0 amide bonds. The van der Waals surface area contributed by atoms with Gasteiger partial charge in [0.2, 0.25) is 0 Å². The number of carbonyl (C=O) groups is 2. The molecule has 2 saturated carbocycles. The summed E-state index contributed by atoms with van der Waals surface area (Å²) in [5.74, 6) is 0.532. The van der Waals surface area contributed by atoms with E-state index in [0.29, 0.717) is 5.56 Å². The summed E-state index contributed by atoms with van der Waals surface area (Å²) in [6, 6.07) is 18.1. The predicted molar refractivity (Wildman–Crippen MR) is 188 cm³/mol. The van der Waals surface area contributed by atoms with Gasteiger partial charge >= 0.3 is 0 Å². The maximum absolute atomic E-state index is 15.5. The van der Waals surface area contributed by atoms with Crippen molar-refractivity contribution in [2.75, 3.05) is 0 Å². The molecule has 0 radical (unpaired) electrons. The molecule has 4 nitrogen and oxygen atoms in total. The minimum Gasteiger partial charge on any atom is -0.327 e. The zero-order valence-electron chi connectivity index (χ0n) is 28.7. The van der Waals surface area contributed by atoms with Crippen LogP contribution in [-0.2, 0) is 6.42 Å². The van der Waals surface area contributed by atoms with Crippen molar-refractivity contribution >= 4 is 11.6 Å². The Bertz CT molecular complexity index is 1170. The van der Waals surface area contributed by atoms with Gasteiger partial charge in [0.25, 0.3) is 0 Å². The largest absolute Gasteiger partial charge is 0.327 e. The van der Waals surface area contributed by atoms with Gasteiger partial charge < -0.3 is 11.5 Å². The highest BCUT2D eigenvalue weighted by Gasteiger charge is 2.58. The van der Waals surface area contributed by atoms with Crippen molar-refractivity contribution in [3.63, 3.8) is 0 Å². The summed E-state index contributed by atoms with van der Waals surface area (Å²) in [4.78, 5) is 30.6. The second-order valence-electron chi connectivity index (χ2n) is 14.8. The van der Waals surface area contributed by atoms with E-state index in [2.05, 4.69) is 32.9 Å². The third-order valence-electron chi connectivity index (χ3n) is 11.6. The molecule has 4 heteroatoms. The van der Waals surface area contributed by atoms with Crippen molar-refractivity contribution in [2.24, 2.45) is 40.6 Å². The van der Waals surface area contributed by atoms with E-state index in [-0.39, 0.29) is 47.3 Å². The summed E-state index contributed by atoms with van der Waals surface area (Å²) < 4.78 is 0. The smallest absolute Gasteiger partial charge is 0.177 e. The van der Waals surface area contributed by atoms with Crippen LogP contribution < -0.4 is 11.5 Å². The lowest BCUT2D eigenvalue weighted by molar-refractivity contribution is 0.0108. The van der Waals surface area contributed by atoms with Crippen molar-refractivity contribution in [2.45, 2.75) is 142 Å². The lowest BCUT2D eigenvalue weighted by Crippen LogP contribution is -2.56. The molecular weight excluding hydrogens is 552 g/mol. The summed E-state index contributed by atoms with van der Waals surface area (Å²) in [5, 5.41) is 0. The van der Waals surface area contributed by atoms with Crippen LogP contribution in [0.2, 0.25) is 0 Å². The highest BCUT2D eigenvalue weighted by molar-refractivity contribution is 6.20. The Balaban J connectivity index is 1.63. The Morgan fingerprint density at radius 1 is 0.644 bits per heavy atom. The molecule has 4 rings (SSSR count). The summed E-state index contributed by atoms with van der Waals surface area (Å²) in [7, 11) is 0. The van der Waals surface area contributed by atoms with Gasteiger partial charge in [0.05, 0.1) is 0 Å². The summed E-state index contributed by atoms with van der Waals surface area (Å²) in [5.41, 5.74) is 14.5. The van der Waals surface area contributed by atoms with Crippen LogP contribution in [0, 0.1) is 29.1 Å². The molecule has 2 aromatic carbocycles. The van der Waals surface area contributed by atoms with E-state index in [1.165, 1.54) is 57.8 Å². The van der Waals surface area contributed by atoms with E-state index in [9.17, 15) is 0 Å². The molecule has 248 valence electrons. The van der Waals surface area contributed by atoms with Crippen LogP contribution in [0.3, 0.4) is 0 Å². The Hall–Kier alpha value is -2.30. The van der Waals surface area contributed by atoms with Crippen molar-refractivity contribution in [3.05, 3.63) is 71.3 Å². The Morgan fingerprint density at radius 3 is 1.67 bits per heavy atom. The fraction of sp³-hybridized carbons (Fsp3) is 0.659. The summed E-state index contributed by atoms with van der Waals surface area (Å²) in [6.07, 6.45) is 18.7. The number of ketones is 2. The zero-order chi connectivity index (χ0) is 32.2. The predicted octanol–water partition coefficient (Wildman–Crippen LogP) is 9.73. The van der Waals surface area contributed by atoms with Crippen LogP contribution in [0.4, 0.5) is 0 Å². The van der Waals surface area contributed by atoms with Crippen molar-refractivity contribution in [3.8, 4) is 0 Å². The minimum atomic E-state index is -1.11. The van der Waals surface area contributed by atoms with E-state index in [0.717, 1.165) is 62.5 Å². The molecule has 2 aliphatic carbocycles. The number of aryl methyl sites for hydroxylation is 1. The second kappa shape index (κ2) is 17.6. The fourth-order valence-electron chi connectivity index (χ4n) is 8.66. The van der Waals surface area contributed by atoms with Crippen molar-refractivity contribution < 1.29 is 9.59 Å². The van der Waals surface area contributed by atoms with Crippen LogP contribution >= 0.6 is 0 Å². The Kier molecular flexibility index (Phi) is 13.9. The van der Waals surface area contributed by atoms with Gasteiger partial charge in [0.1, 0.15) is 5.41 Å². The number of hydrogen-bond donors (Lipinski definition) is 2. The highest BCUT2D eigenvalue weighted by atomic mass is 16.2. The van der Waals surface area contributed by atoms with Crippen LogP contribution in [0.5, 0.6) is 0 Å². The molecule has 0 saturated heterocycles. The highest BCUT2D eigenvalue weighted by Crippen LogP contribution is 2.54. The van der Waals surface area contributed by atoms with Crippen molar-refractivity contribution in [1.82, 2.24) is 0 Å². The molecule has 4 N–H and O–H groups in total. The first kappa shape index (κ1) is 35.6. The number of nitrogens with two attached hydrogens (primary N) is 2. The molecule has 0 bridgehead atoms. The molecular formula is C41H62N2O2. The molecule has 0 spiro atoms. The van der Waals surface area contributed by atoms with Gasteiger partial charge in [-0.05, 0) is 80.6 Å². The van der Waals surface area contributed by atoms with Gasteiger partial charge in [-0.25, -0.2) is 0 Å². The van der Waals surface area contributed by atoms with E-state index in [1.54, 1.807) is 0 Å². The number of carbonyl (C=O) groups excluding carboxylic acids is 2. The topological polar surface area (TPSA) is 86.2 Å². The Morgan fingerprint density at radius 2 is 1.13 bits per heavy atom. The summed E-state index contributed by atoms with van der Waals surface area (Å²) in [6.45, 7) is 6.68. The molecule has 45 heavy (non-hydrogen) atoms. The Labute approximate surface area is 274 Å². The number of Topliss-reactive ketones (excluding diaryl/α,β-unsaturated/α-hetero) is 2. The molecule has 6 atom stereocenters. The number of benzene rings is 2. The van der Waals surface area contributed by atoms with Crippen LogP contribution in [-0.4, -0.2) is 23.7 Å². The van der Waals surface area contributed by atoms with Gasteiger partial charge in [0.15, 0.2) is 11.6 Å². The molecule has 2 aliphatic rings. The average Bonchev–Trinajstić information content (AvgIpc) is 3.06. The maximum Gasteiger partial charge on any atom is 0.177 e. The van der Waals surface area contributed by atoms with Gasteiger partial charge in [-0.2, -0.15) is 0 Å². The van der Waals surface area contributed by atoms with Gasteiger partial charge in [-0.15, -0.1) is 0 Å². The van der Waals surface area contributed by atoms with Crippen LogP contribution in [0.1, 0.15) is 150 Å². The second-order valence-corrected chi connectivity index (χ2v) is 14.8. The minimum absolute atomic E-state index is 0.0159. The first-order chi connectivity index (χ1) is 21.8. The molecule has 2 aromatic rings.